The topological polar surface area (TPSA) is 42.1 Å². The number of nitrogens with two attached hydrogens (primary N) is 1. The molecular weight excluding hydrogens is 234 g/mol. The average molecular weight is 263 g/mol. The molecule has 0 aliphatic heterocycles. The third kappa shape index (κ3) is 4.20. The van der Waals surface area contributed by atoms with Crippen molar-refractivity contribution in [2.45, 2.75) is 66.0 Å². The van der Waals surface area contributed by atoms with E-state index in [0.717, 1.165) is 31.6 Å². The van der Waals surface area contributed by atoms with Gasteiger partial charge < -0.3 is 10.6 Å². The van der Waals surface area contributed by atoms with E-state index in [0.29, 0.717) is 6.04 Å². The summed E-state index contributed by atoms with van der Waals surface area (Å²) in [5.41, 5.74) is 8.51. The molecule has 2 atom stereocenters. The number of anilines is 1. The molecule has 0 radical (unpaired) electrons. The molecule has 2 N–H and O–H groups in total. The highest BCUT2D eigenvalue weighted by Crippen LogP contribution is 2.21. The number of aromatic nitrogens is 1. The van der Waals surface area contributed by atoms with E-state index >= 15 is 0 Å². The van der Waals surface area contributed by atoms with E-state index in [1.807, 2.05) is 6.20 Å². The normalized spacial score (nSPS) is 14.2. The molecule has 0 spiro atoms. The largest absolute Gasteiger partial charge is 0.354 e. The number of aryl methyl sites for hydroxylation is 1. The molecule has 19 heavy (non-hydrogen) atoms. The van der Waals surface area contributed by atoms with Crippen LogP contribution in [0.1, 0.15) is 51.7 Å². The van der Waals surface area contributed by atoms with Crippen LogP contribution in [0, 0.1) is 6.92 Å². The van der Waals surface area contributed by atoms with Gasteiger partial charge in [-0.3, -0.25) is 0 Å². The van der Waals surface area contributed by atoms with Gasteiger partial charge in [-0.25, -0.2) is 4.98 Å². The van der Waals surface area contributed by atoms with Crippen molar-refractivity contribution < 1.29 is 0 Å². The Morgan fingerprint density at radius 3 is 2.42 bits per heavy atom. The molecule has 0 amide bonds. The van der Waals surface area contributed by atoms with Gasteiger partial charge in [0.25, 0.3) is 0 Å². The number of hydrogen-bond donors (Lipinski definition) is 1. The van der Waals surface area contributed by atoms with Crippen LogP contribution in [0.3, 0.4) is 0 Å². The quantitative estimate of drug-likeness (QED) is 0.820. The molecule has 0 saturated heterocycles. The van der Waals surface area contributed by atoms with Crippen LogP contribution in [0.2, 0.25) is 0 Å². The summed E-state index contributed by atoms with van der Waals surface area (Å²) in [6.45, 7) is 11.9. The highest BCUT2D eigenvalue weighted by molar-refractivity contribution is 5.48. The summed E-state index contributed by atoms with van der Waals surface area (Å²) in [5.74, 6) is 1.12. The van der Waals surface area contributed by atoms with E-state index in [2.05, 4.69) is 50.6 Å². The molecule has 0 saturated carbocycles. The van der Waals surface area contributed by atoms with Crippen LogP contribution >= 0.6 is 0 Å². The zero-order chi connectivity index (χ0) is 14.4. The zero-order valence-electron chi connectivity index (χ0n) is 13.1. The minimum Gasteiger partial charge on any atom is -0.354 e. The Bertz CT molecular complexity index is 390. The number of rotatable bonds is 7. The smallest absolute Gasteiger partial charge is 0.131 e. The van der Waals surface area contributed by atoms with Crippen LogP contribution in [-0.2, 0) is 6.42 Å². The van der Waals surface area contributed by atoms with Gasteiger partial charge in [-0.1, -0.05) is 19.9 Å². The van der Waals surface area contributed by atoms with Gasteiger partial charge in [-0.05, 0) is 51.2 Å². The van der Waals surface area contributed by atoms with Crippen LogP contribution in [0.25, 0.3) is 0 Å². The molecule has 0 fully saturated rings. The first-order valence-electron chi connectivity index (χ1n) is 7.51. The lowest BCUT2D eigenvalue weighted by molar-refractivity contribution is 0.619. The van der Waals surface area contributed by atoms with Gasteiger partial charge in [0.1, 0.15) is 5.82 Å². The van der Waals surface area contributed by atoms with E-state index in [1.54, 1.807) is 0 Å². The van der Waals surface area contributed by atoms with Crippen LogP contribution in [0.15, 0.2) is 12.3 Å². The molecule has 0 bridgehead atoms. The van der Waals surface area contributed by atoms with Crippen molar-refractivity contribution >= 4 is 5.82 Å². The fourth-order valence-electron chi connectivity index (χ4n) is 2.38. The van der Waals surface area contributed by atoms with Crippen molar-refractivity contribution in [3.05, 3.63) is 23.4 Å². The summed E-state index contributed by atoms with van der Waals surface area (Å²) in [6.07, 6.45) is 5.05. The van der Waals surface area contributed by atoms with Gasteiger partial charge in [-0.15, -0.1) is 0 Å². The second-order valence-electron chi connectivity index (χ2n) is 5.40. The van der Waals surface area contributed by atoms with E-state index in [4.69, 9.17) is 5.73 Å². The van der Waals surface area contributed by atoms with Gasteiger partial charge >= 0.3 is 0 Å². The first-order chi connectivity index (χ1) is 9.03. The number of hydrogen-bond acceptors (Lipinski definition) is 3. The SMILES string of the molecule is CCC(N)Cc1cnc(N(CC)C(C)CC)c(C)c1. The van der Waals surface area contributed by atoms with E-state index in [1.165, 1.54) is 11.1 Å². The lowest BCUT2D eigenvalue weighted by Gasteiger charge is -2.30. The lowest BCUT2D eigenvalue weighted by Crippen LogP contribution is -2.33. The van der Waals surface area contributed by atoms with E-state index in [9.17, 15) is 0 Å². The predicted octanol–water partition coefficient (Wildman–Crippen LogP) is 3.29. The Morgan fingerprint density at radius 2 is 1.95 bits per heavy atom. The first kappa shape index (κ1) is 16.0. The summed E-state index contributed by atoms with van der Waals surface area (Å²) in [6, 6.07) is 3.01. The zero-order valence-corrected chi connectivity index (χ0v) is 13.1. The van der Waals surface area contributed by atoms with Crippen LogP contribution < -0.4 is 10.6 Å². The summed E-state index contributed by atoms with van der Waals surface area (Å²) in [5, 5.41) is 0. The number of nitrogens with zero attached hydrogens (tertiary/aromatic N) is 2. The second kappa shape index (κ2) is 7.49. The Hall–Kier alpha value is -1.09. The monoisotopic (exact) mass is 263 g/mol. The third-order valence-corrected chi connectivity index (χ3v) is 3.87. The maximum Gasteiger partial charge on any atom is 0.131 e. The van der Waals surface area contributed by atoms with Gasteiger partial charge in [-0.2, -0.15) is 0 Å². The van der Waals surface area contributed by atoms with E-state index in [-0.39, 0.29) is 6.04 Å². The highest BCUT2D eigenvalue weighted by atomic mass is 15.2. The predicted molar refractivity (Wildman–Crippen MR) is 83.7 cm³/mol. The van der Waals surface area contributed by atoms with Gasteiger partial charge in [0.2, 0.25) is 0 Å². The summed E-state index contributed by atoms with van der Waals surface area (Å²) in [4.78, 5) is 7.05. The molecular formula is C16H29N3. The van der Waals surface area contributed by atoms with Crippen molar-refractivity contribution in [2.75, 3.05) is 11.4 Å². The number of pyridine rings is 1. The highest BCUT2D eigenvalue weighted by Gasteiger charge is 2.15. The maximum atomic E-state index is 6.01. The standard InChI is InChI=1S/C16H29N3/c1-6-13(5)19(8-3)16-12(4)9-14(11-18-16)10-15(17)7-2/h9,11,13,15H,6-8,10,17H2,1-5H3. The van der Waals surface area contributed by atoms with Gasteiger partial charge in [0, 0.05) is 24.8 Å². The van der Waals surface area contributed by atoms with E-state index < -0.39 is 0 Å². The summed E-state index contributed by atoms with van der Waals surface area (Å²) >= 11 is 0. The van der Waals surface area contributed by atoms with Crippen molar-refractivity contribution in [3.8, 4) is 0 Å². The molecule has 108 valence electrons. The summed E-state index contributed by atoms with van der Waals surface area (Å²) in [7, 11) is 0. The molecule has 1 heterocycles. The Kier molecular flexibility index (Phi) is 6.29. The first-order valence-corrected chi connectivity index (χ1v) is 7.51. The minimum absolute atomic E-state index is 0.240. The minimum atomic E-state index is 0.240. The van der Waals surface area contributed by atoms with Crippen molar-refractivity contribution in [1.29, 1.82) is 0 Å². The molecule has 0 aliphatic rings. The molecule has 1 rings (SSSR count). The average Bonchev–Trinajstić information content (AvgIpc) is 2.41. The second-order valence-corrected chi connectivity index (χ2v) is 5.40. The molecule has 0 aromatic carbocycles. The van der Waals surface area contributed by atoms with Crippen LogP contribution in [-0.4, -0.2) is 23.6 Å². The molecule has 3 heteroatoms. The van der Waals surface area contributed by atoms with Crippen LogP contribution in [0.4, 0.5) is 5.82 Å². The summed E-state index contributed by atoms with van der Waals surface area (Å²) < 4.78 is 0. The fraction of sp³-hybridized carbons (Fsp3) is 0.688. The van der Waals surface area contributed by atoms with Gasteiger partial charge in [0.15, 0.2) is 0 Å². The maximum absolute atomic E-state index is 6.01. The third-order valence-electron chi connectivity index (χ3n) is 3.87. The Morgan fingerprint density at radius 1 is 1.26 bits per heavy atom. The Balaban J connectivity index is 2.92. The lowest BCUT2D eigenvalue weighted by atomic mass is 10.0. The van der Waals surface area contributed by atoms with Crippen molar-refractivity contribution in [1.82, 2.24) is 4.98 Å². The molecule has 0 aliphatic carbocycles. The molecule has 2 unspecified atom stereocenters. The van der Waals surface area contributed by atoms with Gasteiger partial charge in [0.05, 0.1) is 0 Å². The molecule has 3 nitrogen and oxygen atoms in total. The van der Waals surface area contributed by atoms with Crippen LogP contribution in [0.5, 0.6) is 0 Å². The molecule has 1 aromatic rings. The fourth-order valence-corrected chi connectivity index (χ4v) is 2.38. The molecule has 1 aromatic heterocycles. The van der Waals surface area contributed by atoms with Crippen molar-refractivity contribution in [3.63, 3.8) is 0 Å². The van der Waals surface area contributed by atoms with Crippen molar-refractivity contribution in [2.24, 2.45) is 5.73 Å². The Labute approximate surface area is 118 Å².